The zero-order valence-electron chi connectivity index (χ0n) is 10.4. The summed E-state index contributed by atoms with van der Waals surface area (Å²) in [6.07, 6.45) is -0.696. The minimum Gasteiger partial charge on any atom is -0.465 e. The van der Waals surface area contributed by atoms with E-state index in [1.165, 1.54) is 0 Å². The van der Waals surface area contributed by atoms with Gasteiger partial charge in [0.05, 0.1) is 6.10 Å². The van der Waals surface area contributed by atoms with Crippen LogP contribution in [0.4, 0.5) is 0 Å². The zero-order valence-corrected chi connectivity index (χ0v) is 10.4. The molecule has 0 aliphatic heterocycles. The predicted molar refractivity (Wildman–Crippen MR) is 63.5 cm³/mol. The Morgan fingerprint density at radius 3 is 2.50 bits per heavy atom. The van der Waals surface area contributed by atoms with Gasteiger partial charge in [0.2, 0.25) is 0 Å². The third-order valence-electron chi connectivity index (χ3n) is 2.38. The van der Waals surface area contributed by atoms with Crippen LogP contribution in [0.1, 0.15) is 38.0 Å². The Morgan fingerprint density at radius 2 is 2.00 bits per heavy atom. The van der Waals surface area contributed by atoms with Crippen LogP contribution in [0.5, 0.6) is 5.75 Å². The first-order chi connectivity index (χ1) is 7.54. The number of aliphatic hydroxyl groups excluding tert-OH is 1. The van der Waals surface area contributed by atoms with Gasteiger partial charge in [0, 0.05) is 6.61 Å². The molecule has 1 aromatic carbocycles. The van der Waals surface area contributed by atoms with E-state index in [0.717, 1.165) is 16.9 Å². The summed E-state index contributed by atoms with van der Waals surface area (Å²) in [5.41, 5.74) is 1.90. The summed E-state index contributed by atoms with van der Waals surface area (Å²) in [6, 6.07) is 5.66. The van der Waals surface area contributed by atoms with Crippen LogP contribution in [0.15, 0.2) is 18.2 Å². The van der Waals surface area contributed by atoms with Crippen LogP contribution in [0.3, 0.4) is 0 Å². The summed E-state index contributed by atoms with van der Waals surface area (Å²) in [5.74, 6) is 0.797. The Balaban J connectivity index is 2.75. The summed E-state index contributed by atoms with van der Waals surface area (Å²) < 4.78 is 10.9. The Labute approximate surface area is 97.0 Å². The molecular weight excluding hydrogens is 204 g/mol. The topological polar surface area (TPSA) is 38.7 Å². The van der Waals surface area contributed by atoms with Gasteiger partial charge in [0.1, 0.15) is 5.75 Å². The lowest BCUT2D eigenvalue weighted by Gasteiger charge is -2.17. The van der Waals surface area contributed by atoms with Crippen LogP contribution < -0.4 is 4.74 Å². The van der Waals surface area contributed by atoms with Crippen molar-refractivity contribution >= 4 is 0 Å². The normalized spacial score (nSPS) is 14.6. The molecule has 0 saturated heterocycles. The van der Waals surface area contributed by atoms with E-state index in [-0.39, 0.29) is 6.29 Å². The van der Waals surface area contributed by atoms with E-state index in [1.54, 1.807) is 6.92 Å². The summed E-state index contributed by atoms with van der Waals surface area (Å²) >= 11 is 0. The number of aryl methyl sites for hydroxylation is 1. The van der Waals surface area contributed by atoms with E-state index >= 15 is 0 Å². The second kappa shape index (κ2) is 5.87. The maximum atomic E-state index is 9.44. The summed E-state index contributed by atoms with van der Waals surface area (Å²) in [4.78, 5) is 0. The van der Waals surface area contributed by atoms with Crippen molar-refractivity contribution in [3.05, 3.63) is 29.3 Å². The number of aliphatic hydroxyl groups is 1. The first-order valence-corrected chi connectivity index (χ1v) is 5.61. The molecule has 2 unspecified atom stereocenters. The Morgan fingerprint density at radius 1 is 1.31 bits per heavy atom. The molecule has 0 heterocycles. The first kappa shape index (κ1) is 13.0. The molecule has 0 aliphatic rings. The molecule has 0 radical (unpaired) electrons. The molecule has 1 aromatic rings. The number of benzene rings is 1. The Hall–Kier alpha value is -1.06. The highest BCUT2D eigenvalue weighted by molar-refractivity contribution is 5.36. The molecule has 0 fully saturated rings. The largest absolute Gasteiger partial charge is 0.465 e. The van der Waals surface area contributed by atoms with Gasteiger partial charge in [-0.15, -0.1) is 0 Å². The second-order valence-electron chi connectivity index (χ2n) is 3.84. The molecule has 3 heteroatoms. The van der Waals surface area contributed by atoms with Crippen molar-refractivity contribution in [2.24, 2.45) is 0 Å². The number of hydrogen-bond acceptors (Lipinski definition) is 3. The van der Waals surface area contributed by atoms with Gasteiger partial charge in [-0.3, -0.25) is 0 Å². The molecule has 90 valence electrons. The van der Waals surface area contributed by atoms with Crippen LogP contribution >= 0.6 is 0 Å². The fraction of sp³-hybridized carbons (Fsp3) is 0.538. The van der Waals surface area contributed by atoms with Crippen LogP contribution in [0.2, 0.25) is 0 Å². The van der Waals surface area contributed by atoms with E-state index in [4.69, 9.17) is 9.47 Å². The molecule has 0 amide bonds. The SMILES string of the molecule is CCOC(C)Oc1ccc(C(C)O)cc1C. The maximum Gasteiger partial charge on any atom is 0.196 e. The van der Waals surface area contributed by atoms with Gasteiger partial charge in [0.15, 0.2) is 6.29 Å². The molecule has 0 spiro atoms. The van der Waals surface area contributed by atoms with Gasteiger partial charge < -0.3 is 14.6 Å². The highest BCUT2D eigenvalue weighted by Crippen LogP contribution is 2.23. The number of ether oxygens (including phenoxy) is 2. The summed E-state index contributed by atoms with van der Waals surface area (Å²) in [7, 11) is 0. The van der Waals surface area contributed by atoms with Crippen LogP contribution in [-0.4, -0.2) is 18.0 Å². The van der Waals surface area contributed by atoms with Crippen LogP contribution in [-0.2, 0) is 4.74 Å². The lowest BCUT2D eigenvalue weighted by molar-refractivity contribution is -0.0616. The number of hydrogen-bond donors (Lipinski definition) is 1. The molecule has 0 aliphatic carbocycles. The van der Waals surface area contributed by atoms with Gasteiger partial charge in [0.25, 0.3) is 0 Å². The van der Waals surface area contributed by atoms with Crippen molar-refractivity contribution in [3.63, 3.8) is 0 Å². The molecule has 2 atom stereocenters. The second-order valence-corrected chi connectivity index (χ2v) is 3.84. The minimum absolute atomic E-state index is 0.249. The van der Waals surface area contributed by atoms with Gasteiger partial charge in [-0.1, -0.05) is 6.07 Å². The third kappa shape index (κ3) is 3.51. The molecule has 1 N–H and O–H groups in total. The standard InChI is InChI=1S/C13H20O3/c1-5-15-11(4)16-13-7-6-12(10(3)14)8-9(13)2/h6-8,10-11,14H,5H2,1-4H3. The smallest absolute Gasteiger partial charge is 0.196 e. The lowest BCUT2D eigenvalue weighted by Crippen LogP contribution is -2.16. The van der Waals surface area contributed by atoms with Crippen LogP contribution in [0, 0.1) is 6.92 Å². The number of rotatable bonds is 5. The van der Waals surface area contributed by atoms with E-state index in [2.05, 4.69) is 0 Å². The van der Waals surface area contributed by atoms with Crippen molar-refractivity contribution in [2.75, 3.05) is 6.61 Å². The van der Waals surface area contributed by atoms with Crippen molar-refractivity contribution in [3.8, 4) is 5.75 Å². The van der Waals surface area contributed by atoms with Gasteiger partial charge in [-0.2, -0.15) is 0 Å². The zero-order chi connectivity index (χ0) is 12.1. The van der Waals surface area contributed by atoms with E-state index in [1.807, 2.05) is 39.0 Å². The minimum atomic E-state index is -0.447. The molecule has 1 rings (SSSR count). The molecule has 0 aromatic heterocycles. The van der Waals surface area contributed by atoms with Crippen LogP contribution in [0.25, 0.3) is 0 Å². The predicted octanol–water partition coefficient (Wildman–Crippen LogP) is 2.81. The molecule has 0 saturated carbocycles. The molecule has 0 bridgehead atoms. The van der Waals surface area contributed by atoms with Crippen molar-refractivity contribution in [1.82, 2.24) is 0 Å². The monoisotopic (exact) mass is 224 g/mol. The van der Waals surface area contributed by atoms with Gasteiger partial charge >= 0.3 is 0 Å². The van der Waals surface area contributed by atoms with E-state index < -0.39 is 6.10 Å². The maximum absolute atomic E-state index is 9.44. The van der Waals surface area contributed by atoms with Gasteiger partial charge in [-0.25, -0.2) is 0 Å². The fourth-order valence-electron chi connectivity index (χ4n) is 1.51. The van der Waals surface area contributed by atoms with Crippen molar-refractivity contribution in [1.29, 1.82) is 0 Å². The van der Waals surface area contributed by atoms with Crippen molar-refractivity contribution < 1.29 is 14.6 Å². The Bertz CT molecular complexity index is 334. The average molecular weight is 224 g/mol. The van der Waals surface area contributed by atoms with E-state index in [9.17, 15) is 5.11 Å². The molecular formula is C13H20O3. The van der Waals surface area contributed by atoms with E-state index in [0.29, 0.717) is 6.61 Å². The summed E-state index contributed by atoms with van der Waals surface area (Å²) in [5, 5.41) is 9.44. The summed E-state index contributed by atoms with van der Waals surface area (Å²) in [6.45, 7) is 8.14. The highest BCUT2D eigenvalue weighted by atomic mass is 16.7. The highest BCUT2D eigenvalue weighted by Gasteiger charge is 2.08. The average Bonchev–Trinajstić information content (AvgIpc) is 2.21. The molecule has 16 heavy (non-hydrogen) atoms. The Kier molecular flexibility index (Phi) is 4.77. The van der Waals surface area contributed by atoms with Gasteiger partial charge in [-0.05, 0) is 51.0 Å². The fourth-order valence-corrected chi connectivity index (χ4v) is 1.51. The van der Waals surface area contributed by atoms with Crippen molar-refractivity contribution in [2.45, 2.75) is 40.1 Å². The first-order valence-electron chi connectivity index (χ1n) is 5.61. The third-order valence-corrected chi connectivity index (χ3v) is 2.38. The lowest BCUT2D eigenvalue weighted by atomic mass is 10.1. The quantitative estimate of drug-likeness (QED) is 0.782. The molecule has 3 nitrogen and oxygen atoms in total.